The van der Waals surface area contributed by atoms with E-state index < -0.39 is 15.6 Å². The molecule has 0 bridgehead atoms. The second kappa shape index (κ2) is 4.36. The molecule has 0 fully saturated rings. The molecule has 90 valence electrons. The first-order valence-corrected chi connectivity index (χ1v) is 7.12. The fraction of sp³-hybridized carbons (Fsp3) is 0.500. The molecule has 3 N–H and O–H groups in total. The molecule has 0 atom stereocenters. The predicted molar refractivity (Wildman–Crippen MR) is 68.0 cm³/mol. The fourth-order valence-electron chi connectivity index (χ4n) is 0.903. The van der Waals surface area contributed by atoms with Crippen LogP contribution in [0, 0.1) is 6.92 Å². The van der Waals surface area contributed by atoms with E-state index in [-0.39, 0.29) is 9.20 Å². The highest BCUT2D eigenvalue weighted by Crippen LogP contribution is 2.19. The van der Waals surface area contributed by atoms with Crippen molar-refractivity contribution in [1.29, 1.82) is 0 Å². The summed E-state index contributed by atoms with van der Waals surface area (Å²) in [7, 11) is -3.60. The van der Waals surface area contributed by atoms with Crippen LogP contribution >= 0.6 is 23.6 Å². The summed E-state index contributed by atoms with van der Waals surface area (Å²) in [4.78, 5) is 3.99. The zero-order valence-corrected chi connectivity index (χ0v) is 11.6. The Kier molecular flexibility index (Phi) is 3.68. The second-order valence-electron chi connectivity index (χ2n) is 3.79. The van der Waals surface area contributed by atoms with E-state index in [2.05, 4.69) is 9.71 Å². The molecule has 0 spiro atoms. The topological polar surface area (TPSA) is 85.1 Å². The van der Waals surface area contributed by atoms with Gasteiger partial charge in [-0.2, -0.15) is 4.72 Å². The number of thiocarbonyl (C=S) groups is 1. The van der Waals surface area contributed by atoms with Gasteiger partial charge in [-0.15, -0.1) is 11.3 Å². The van der Waals surface area contributed by atoms with Crippen LogP contribution in [0.5, 0.6) is 0 Å². The van der Waals surface area contributed by atoms with Gasteiger partial charge in [0.25, 0.3) is 10.0 Å². The molecule has 5 nitrogen and oxygen atoms in total. The van der Waals surface area contributed by atoms with Gasteiger partial charge < -0.3 is 5.73 Å². The molecule has 0 unspecified atom stereocenters. The Labute approximate surface area is 104 Å². The van der Waals surface area contributed by atoms with Gasteiger partial charge in [0.1, 0.15) is 0 Å². The maximum absolute atomic E-state index is 11.9. The van der Waals surface area contributed by atoms with Crippen LogP contribution in [0.1, 0.15) is 18.9 Å². The second-order valence-corrected chi connectivity index (χ2v) is 7.38. The van der Waals surface area contributed by atoms with Gasteiger partial charge in [-0.3, -0.25) is 0 Å². The van der Waals surface area contributed by atoms with Crippen molar-refractivity contribution in [2.75, 3.05) is 0 Å². The third-order valence-corrected chi connectivity index (χ3v) is 5.41. The minimum Gasteiger partial charge on any atom is -0.392 e. The van der Waals surface area contributed by atoms with E-state index >= 15 is 0 Å². The maximum Gasteiger partial charge on any atom is 0.252 e. The third kappa shape index (κ3) is 2.97. The lowest BCUT2D eigenvalue weighted by atomic mass is 10.1. The Bertz CT molecular complexity index is 504. The largest absolute Gasteiger partial charge is 0.392 e. The molecule has 0 radical (unpaired) electrons. The van der Waals surface area contributed by atoms with E-state index in [1.807, 2.05) is 0 Å². The van der Waals surface area contributed by atoms with Gasteiger partial charge in [0, 0.05) is 0 Å². The lowest BCUT2D eigenvalue weighted by Crippen LogP contribution is -2.51. The van der Waals surface area contributed by atoms with Crippen LogP contribution in [0.2, 0.25) is 0 Å². The number of thiazole rings is 1. The van der Waals surface area contributed by atoms with E-state index in [1.165, 1.54) is 6.20 Å². The quantitative estimate of drug-likeness (QED) is 0.796. The summed E-state index contributed by atoms with van der Waals surface area (Å²) in [5.74, 6) is 0. The van der Waals surface area contributed by atoms with Gasteiger partial charge in [0.2, 0.25) is 0 Å². The third-order valence-electron chi connectivity index (χ3n) is 1.87. The first-order chi connectivity index (χ1) is 7.15. The predicted octanol–water partition coefficient (Wildman–Crippen LogP) is 0.795. The first kappa shape index (κ1) is 13.5. The van der Waals surface area contributed by atoms with Crippen molar-refractivity contribution >= 4 is 38.6 Å². The molecule has 0 aromatic carbocycles. The Hall–Kier alpha value is -0.570. The van der Waals surface area contributed by atoms with Crippen molar-refractivity contribution in [3.05, 3.63) is 11.2 Å². The van der Waals surface area contributed by atoms with Crippen LogP contribution in [0.15, 0.2) is 10.4 Å². The minimum atomic E-state index is -3.60. The molecule has 8 heteroatoms. The Balaban J connectivity index is 3.02. The summed E-state index contributed by atoms with van der Waals surface area (Å²) >= 11 is 5.89. The standard InChI is InChI=1S/C8H13N3O2S3/c1-5-10-4-6(15-5)16(12,13)11-8(2,3)7(9)14/h4,11H,1-3H3,(H2,9,14). The van der Waals surface area contributed by atoms with Gasteiger partial charge >= 0.3 is 0 Å². The van der Waals surface area contributed by atoms with Crippen LogP contribution in [0.25, 0.3) is 0 Å². The monoisotopic (exact) mass is 279 g/mol. The smallest absolute Gasteiger partial charge is 0.252 e. The number of sulfonamides is 1. The van der Waals surface area contributed by atoms with Crippen LogP contribution in [0.3, 0.4) is 0 Å². The molecule has 16 heavy (non-hydrogen) atoms. The van der Waals surface area contributed by atoms with Crippen molar-refractivity contribution in [2.45, 2.75) is 30.5 Å². The molecule has 0 aliphatic rings. The lowest BCUT2D eigenvalue weighted by molar-refractivity contribution is 0.548. The SMILES string of the molecule is Cc1ncc(S(=O)(=O)NC(C)(C)C(N)=S)s1. The van der Waals surface area contributed by atoms with Crippen LogP contribution in [-0.4, -0.2) is 23.9 Å². The molecule has 1 aromatic heterocycles. The molecular weight excluding hydrogens is 266 g/mol. The molecule has 0 saturated carbocycles. The van der Waals surface area contributed by atoms with E-state index in [0.717, 1.165) is 11.3 Å². The molecule has 0 saturated heterocycles. The number of aryl methyl sites for hydroxylation is 1. The molecule has 0 amide bonds. The lowest BCUT2D eigenvalue weighted by Gasteiger charge is -2.23. The van der Waals surface area contributed by atoms with Crippen molar-refractivity contribution in [3.8, 4) is 0 Å². The molecule has 1 rings (SSSR count). The van der Waals surface area contributed by atoms with Crippen molar-refractivity contribution in [3.63, 3.8) is 0 Å². The van der Waals surface area contributed by atoms with Crippen LogP contribution in [-0.2, 0) is 10.0 Å². The van der Waals surface area contributed by atoms with Gasteiger partial charge in [0.15, 0.2) is 4.21 Å². The number of aromatic nitrogens is 1. The molecule has 0 aliphatic carbocycles. The zero-order chi connectivity index (χ0) is 12.6. The van der Waals surface area contributed by atoms with Crippen LogP contribution < -0.4 is 10.5 Å². The summed E-state index contributed by atoms with van der Waals surface area (Å²) in [6.07, 6.45) is 1.32. The van der Waals surface area contributed by atoms with E-state index in [0.29, 0.717) is 5.01 Å². The highest BCUT2D eigenvalue weighted by atomic mass is 32.2. The number of hydrogen-bond donors (Lipinski definition) is 2. The molecule has 1 heterocycles. The van der Waals surface area contributed by atoms with E-state index in [1.54, 1.807) is 20.8 Å². The summed E-state index contributed by atoms with van der Waals surface area (Å²) < 4.78 is 26.4. The number of nitrogens with zero attached hydrogens (tertiary/aromatic N) is 1. The number of nitrogens with two attached hydrogens (primary N) is 1. The minimum absolute atomic E-state index is 0.0947. The Morgan fingerprint density at radius 2 is 2.19 bits per heavy atom. The fourth-order valence-corrected chi connectivity index (χ4v) is 3.52. The molecule has 0 aliphatic heterocycles. The van der Waals surface area contributed by atoms with Crippen molar-refractivity contribution < 1.29 is 8.42 Å². The van der Waals surface area contributed by atoms with Crippen molar-refractivity contribution in [1.82, 2.24) is 9.71 Å². The number of hydrogen-bond acceptors (Lipinski definition) is 5. The summed E-state index contributed by atoms with van der Waals surface area (Å²) in [6.45, 7) is 4.96. The molecule has 1 aromatic rings. The number of nitrogens with one attached hydrogen (secondary N) is 1. The first-order valence-electron chi connectivity index (χ1n) is 4.41. The van der Waals surface area contributed by atoms with Gasteiger partial charge in [-0.1, -0.05) is 12.2 Å². The Morgan fingerprint density at radius 3 is 2.56 bits per heavy atom. The average molecular weight is 279 g/mol. The average Bonchev–Trinajstić information content (AvgIpc) is 2.50. The summed E-state index contributed by atoms with van der Waals surface area (Å²) in [5.41, 5.74) is 4.50. The zero-order valence-electron chi connectivity index (χ0n) is 9.14. The highest BCUT2D eigenvalue weighted by molar-refractivity contribution is 7.91. The number of rotatable bonds is 4. The van der Waals surface area contributed by atoms with Crippen molar-refractivity contribution in [2.24, 2.45) is 5.73 Å². The van der Waals surface area contributed by atoms with E-state index in [9.17, 15) is 8.42 Å². The van der Waals surface area contributed by atoms with Crippen LogP contribution in [0.4, 0.5) is 0 Å². The molecular formula is C8H13N3O2S3. The summed E-state index contributed by atoms with van der Waals surface area (Å²) in [6, 6.07) is 0. The summed E-state index contributed by atoms with van der Waals surface area (Å²) in [5, 5.41) is 0.688. The highest BCUT2D eigenvalue weighted by Gasteiger charge is 2.29. The van der Waals surface area contributed by atoms with E-state index in [4.69, 9.17) is 18.0 Å². The van der Waals surface area contributed by atoms with Gasteiger partial charge in [0.05, 0.1) is 21.7 Å². The maximum atomic E-state index is 11.9. The van der Waals surface area contributed by atoms with Gasteiger partial charge in [-0.05, 0) is 20.8 Å². The Morgan fingerprint density at radius 1 is 1.62 bits per heavy atom. The normalized spacial score (nSPS) is 12.7. The van der Waals surface area contributed by atoms with Gasteiger partial charge in [-0.25, -0.2) is 13.4 Å².